The van der Waals surface area contributed by atoms with E-state index in [1.807, 2.05) is 11.0 Å². The number of carbonyl (C=O) groups is 1. The van der Waals surface area contributed by atoms with Crippen LogP contribution in [-0.2, 0) is 19.5 Å². The van der Waals surface area contributed by atoms with Gasteiger partial charge in [-0.25, -0.2) is 9.18 Å². The Hall–Kier alpha value is -2.40. The highest BCUT2D eigenvalue weighted by atomic mass is 19.1. The topological polar surface area (TPSA) is 44.4 Å². The van der Waals surface area contributed by atoms with E-state index in [-0.39, 0.29) is 17.9 Å². The number of benzene rings is 2. The lowest BCUT2D eigenvalue weighted by Gasteiger charge is -2.26. The van der Waals surface area contributed by atoms with Gasteiger partial charge in [0.15, 0.2) is 0 Å². The molecular weight excluding hydrogens is 329 g/mol. The molecule has 0 aromatic heterocycles. The molecule has 5 heteroatoms. The average Bonchev–Trinajstić information content (AvgIpc) is 3.05. The Morgan fingerprint density at radius 1 is 1.15 bits per heavy atom. The minimum atomic E-state index is -0.147. The molecule has 4 rings (SSSR count). The van der Waals surface area contributed by atoms with Crippen LogP contribution >= 0.6 is 0 Å². The van der Waals surface area contributed by atoms with E-state index in [2.05, 4.69) is 34.9 Å². The Morgan fingerprint density at radius 2 is 1.96 bits per heavy atom. The van der Waals surface area contributed by atoms with Gasteiger partial charge in [0.25, 0.3) is 0 Å². The van der Waals surface area contributed by atoms with Gasteiger partial charge in [-0.05, 0) is 53.6 Å². The largest absolute Gasteiger partial charge is 0.336 e. The van der Waals surface area contributed by atoms with E-state index in [0.29, 0.717) is 6.54 Å². The molecule has 1 aliphatic heterocycles. The Labute approximate surface area is 153 Å². The second kappa shape index (κ2) is 7.46. The van der Waals surface area contributed by atoms with Crippen molar-refractivity contribution in [2.24, 2.45) is 0 Å². The van der Waals surface area contributed by atoms with Crippen LogP contribution in [0.15, 0.2) is 42.5 Å². The number of nitrogens with one attached hydrogen (secondary N) is 2. The standard InChI is InChI=1S/C21H24FN3O/c22-18-8-9-19-17(12-18)2-1-3-20(19)24-13-15-4-6-16(7-5-15)14-25-11-10-23-21(25)26/h4-9,12,20,24H,1-3,10-11,13-14H2,(H,23,26). The number of fused-ring (bicyclic) bond motifs is 1. The van der Waals surface area contributed by atoms with Crippen molar-refractivity contribution in [3.63, 3.8) is 0 Å². The zero-order chi connectivity index (χ0) is 17.9. The molecule has 136 valence electrons. The van der Waals surface area contributed by atoms with E-state index in [1.54, 1.807) is 12.1 Å². The fourth-order valence-corrected chi connectivity index (χ4v) is 3.88. The van der Waals surface area contributed by atoms with Crippen LogP contribution in [0.4, 0.5) is 9.18 Å². The molecule has 1 heterocycles. The number of hydrogen-bond acceptors (Lipinski definition) is 2. The zero-order valence-electron chi connectivity index (χ0n) is 14.8. The summed E-state index contributed by atoms with van der Waals surface area (Å²) in [6.45, 7) is 2.94. The van der Waals surface area contributed by atoms with Crippen LogP contribution in [0.5, 0.6) is 0 Å². The molecular formula is C21H24FN3O. The number of nitrogens with zero attached hydrogens (tertiary/aromatic N) is 1. The maximum absolute atomic E-state index is 13.4. The van der Waals surface area contributed by atoms with Crippen LogP contribution in [0, 0.1) is 5.82 Å². The van der Waals surface area contributed by atoms with Crippen LogP contribution in [0.25, 0.3) is 0 Å². The van der Waals surface area contributed by atoms with Gasteiger partial charge in [-0.15, -0.1) is 0 Å². The van der Waals surface area contributed by atoms with Gasteiger partial charge in [-0.3, -0.25) is 0 Å². The highest BCUT2D eigenvalue weighted by Gasteiger charge is 2.21. The van der Waals surface area contributed by atoms with Crippen molar-refractivity contribution in [3.05, 3.63) is 70.5 Å². The first-order chi connectivity index (χ1) is 12.7. The maximum atomic E-state index is 13.4. The van der Waals surface area contributed by atoms with Crippen molar-refractivity contribution in [2.45, 2.75) is 38.4 Å². The van der Waals surface area contributed by atoms with Crippen LogP contribution < -0.4 is 10.6 Å². The molecule has 4 nitrogen and oxygen atoms in total. The highest BCUT2D eigenvalue weighted by molar-refractivity contribution is 5.76. The van der Waals surface area contributed by atoms with Crippen LogP contribution in [-0.4, -0.2) is 24.0 Å². The Balaban J connectivity index is 1.36. The smallest absolute Gasteiger partial charge is 0.317 e. The summed E-state index contributed by atoms with van der Waals surface area (Å²) in [7, 11) is 0. The van der Waals surface area contributed by atoms with Crippen LogP contribution in [0.3, 0.4) is 0 Å². The number of carbonyl (C=O) groups excluding carboxylic acids is 1. The third kappa shape index (κ3) is 3.73. The lowest BCUT2D eigenvalue weighted by molar-refractivity contribution is 0.215. The molecule has 2 N–H and O–H groups in total. The zero-order valence-corrected chi connectivity index (χ0v) is 14.8. The molecule has 1 atom stereocenters. The summed E-state index contributed by atoms with van der Waals surface area (Å²) in [6, 6.07) is 13.9. The summed E-state index contributed by atoms with van der Waals surface area (Å²) in [4.78, 5) is 13.5. The predicted octanol–water partition coefficient (Wildman–Crippen LogP) is 3.52. The first-order valence-corrected chi connectivity index (χ1v) is 9.31. The first-order valence-electron chi connectivity index (χ1n) is 9.31. The minimum absolute atomic E-state index is 0.0168. The molecule has 2 aromatic rings. The Kier molecular flexibility index (Phi) is 4.89. The molecule has 1 saturated heterocycles. The van der Waals surface area contributed by atoms with Gasteiger partial charge in [0.05, 0.1) is 0 Å². The second-order valence-electron chi connectivity index (χ2n) is 7.14. The number of rotatable bonds is 5. The molecule has 0 spiro atoms. The number of aryl methyl sites for hydroxylation is 1. The number of hydrogen-bond donors (Lipinski definition) is 2. The van der Waals surface area contributed by atoms with Crippen molar-refractivity contribution in [1.29, 1.82) is 0 Å². The van der Waals surface area contributed by atoms with Gasteiger partial charge in [0.1, 0.15) is 5.82 Å². The lowest BCUT2D eigenvalue weighted by Crippen LogP contribution is -2.27. The third-order valence-corrected chi connectivity index (χ3v) is 5.31. The van der Waals surface area contributed by atoms with E-state index < -0.39 is 0 Å². The molecule has 0 bridgehead atoms. The molecule has 1 aliphatic carbocycles. The molecule has 2 amide bonds. The van der Waals surface area contributed by atoms with Gasteiger partial charge in [-0.2, -0.15) is 0 Å². The predicted molar refractivity (Wildman–Crippen MR) is 99.2 cm³/mol. The summed E-state index contributed by atoms with van der Waals surface area (Å²) in [5.74, 6) is -0.147. The van der Waals surface area contributed by atoms with Crippen molar-refractivity contribution in [2.75, 3.05) is 13.1 Å². The summed E-state index contributed by atoms with van der Waals surface area (Å²) < 4.78 is 13.4. The fraction of sp³-hybridized carbons (Fsp3) is 0.381. The number of halogens is 1. The molecule has 0 saturated carbocycles. The van der Waals surface area contributed by atoms with E-state index in [4.69, 9.17) is 0 Å². The van der Waals surface area contributed by atoms with Gasteiger partial charge in [0.2, 0.25) is 0 Å². The third-order valence-electron chi connectivity index (χ3n) is 5.31. The van der Waals surface area contributed by atoms with Gasteiger partial charge < -0.3 is 15.5 Å². The average molecular weight is 353 g/mol. The minimum Gasteiger partial charge on any atom is -0.336 e. The fourth-order valence-electron chi connectivity index (χ4n) is 3.88. The summed E-state index contributed by atoms with van der Waals surface area (Å²) in [6.07, 6.45) is 3.13. The van der Waals surface area contributed by atoms with E-state index in [9.17, 15) is 9.18 Å². The van der Waals surface area contributed by atoms with Gasteiger partial charge in [-0.1, -0.05) is 30.3 Å². The molecule has 2 aromatic carbocycles. The van der Waals surface area contributed by atoms with Gasteiger partial charge in [0, 0.05) is 32.2 Å². The number of urea groups is 1. The molecule has 0 radical (unpaired) electrons. The lowest BCUT2D eigenvalue weighted by atomic mass is 9.87. The van der Waals surface area contributed by atoms with Gasteiger partial charge >= 0.3 is 6.03 Å². The molecule has 2 aliphatic rings. The highest BCUT2D eigenvalue weighted by Crippen LogP contribution is 2.30. The first kappa shape index (κ1) is 17.0. The Bertz CT molecular complexity index is 790. The van der Waals surface area contributed by atoms with Crippen molar-refractivity contribution < 1.29 is 9.18 Å². The van der Waals surface area contributed by atoms with Crippen molar-refractivity contribution in [3.8, 4) is 0 Å². The van der Waals surface area contributed by atoms with Crippen molar-refractivity contribution in [1.82, 2.24) is 15.5 Å². The molecule has 26 heavy (non-hydrogen) atoms. The van der Waals surface area contributed by atoms with Crippen molar-refractivity contribution >= 4 is 6.03 Å². The van der Waals surface area contributed by atoms with Crippen LogP contribution in [0.2, 0.25) is 0 Å². The normalized spacial score (nSPS) is 19.3. The van der Waals surface area contributed by atoms with E-state index in [0.717, 1.165) is 50.0 Å². The maximum Gasteiger partial charge on any atom is 0.317 e. The van der Waals surface area contributed by atoms with E-state index in [1.165, 1.54) is 11.1 Å². The SMILES string of the molecule is O=C1NCCN1Cc1ccc(CNC2CCCc3cc(F)ccc32)cc1. The summed E-state index contributed by atoms with van der Waals surface area (Å²) >= 11 is 0. The second-order valence-corrected chi connectivity index (χ2v) is 7.14. The number of amides is 2. The molecule has 1 fully saturated rings. The molecule has 1 unspecified atom stereocenters. The Morgan fingerprint density at radius 3 is 2.73 bits per heavy atom. The summed E-state index contributed by atoms with van der Waals surface area (Å²) in [5.41, 5.74) is 4.72. The quantitative estimate of drug-likeness (QED) is 0.864. The summed E-state index contributed by atoms with van der Waals surface area (Å²) in [5, 5.41) is 6.44. The van der Waals surface area contributed by atoms with E-state index >= 15 is 0 Å². The monoisotopic (exact) mass is 353 g/mol. The van der Waals surface area contributed by atoms with Crippen LogP contribution in [0.1, 0.15) is 41.1 Å².